The topological polar surface area (TPSA) is 3.24 Å². The first-order chi connectivity index (χ1) is 4.85. The van der Waals surface area contributed by atoms with E-state index < -0.39 is 0 Å². The monoisotopic (exact) mass is 177 g/mol. The summed E-state index contributed by atoms with van der Waals surface area (Å²) in [5, 5.41) is 0. The minimum absolute atomic E-state index is 1.14. The third-order valence-electron chi connectivity index (χ3n) is 0.783. The van der Waals surface area contributed by atoms with Crippen LogP contribution in [0.15, 0.2) is 12.3 Å². The fourth-order valence-electron chi connectivity index (χ4n) is 0.500. The standard InChI is InChI=1S/C7H15NS2/c1-4-7-8(9-5-2)10-6-3/h4,7H,5-6H2,1-3H3. The molecule has 0 fully saturated rings. The molecule has 0 heterocycles. The van der Waals surface area contributed by atoms with E-state index in [0.29, 0.717) is 0 Å². The van der Waals surface area contributed by atoms with Gasteiger partial charge in [-0.15, -0.1) is 0 Å². The van der Waals surface area contributed by atoms with Crippen molar-refractivity contribution in [3.8, 4) is 0 Å². The lowest BCUT2D eigenvalue weighted by Gasteiger charge is -2.14. The Kier molecular flexibility index (Phi) is 7.52. The molecule has 0 aromatic rings. The van der Waals surface area contributed by atoms with Crippen molar-refractivity contribution in [2.45, 2.75) is 20.8 Å². The molecule has 1 nitrogen and oxygen atoms in total. The summed E-state index contributed by atoms with van der Waals surface area (Å²) in [5.74, 6) is 2.27. The molecule has 3 heteroatoms. The molecule has 0 saturated heterocycles. The van der Waals surface area contributed by atoms with E-state index in [1.807, 2.05) is 30.8 Å². The fourth-order valence-corrected chi connectivity index (χ4v) is 2.35. The number of hydrogen-bond donors (Lipinski definition) is 0. The first-order valence-corrected chi connectivity index (χ1v) is 5.41. The van der Waals surface area contributed by atoms with Gasteiger partial charge in [0, 0.05) is 17.7 Å². The minimum Gasteiger partial charge on any atom is -0.266 e. The molecule has 0 aliphatic carbocycles. The first kappa shape index (κ1) is 10.2. The Morgan fingerprint density at radius 2 is 1.70 bits per heavy atom. The normalized spacial score (nSPS) is 10.7. The minimum atomic E-state index is 1.14. The van der Waals surface area contributed by atoms with Crippen LogP contribution in [0.1, 0.15) is 20.8 Å². The van der Waals surface area contributed by atoms with Gasteiger partial charge in [0.05, 0.1) is 0 Å². The van der Waals surface area contributed by atoms with Crippen molar-refractivity contribution in [1.29, 1.82) is 0 Å². The zero-order valence-electron chi connectivity index (χ0n) is 6.83. The Labute approximate surface area is 72.5 Å². The molecule has 0 amide bonds. The van der Waals surface area contributed by atoms with Crippen molar-refractivity contribution in [3.05, 3.63) is 12.3 Å². The molecule has 0 aliphatic heterocycles. The van der Waals surface area contributed by atoms with Gasteiger partial charge in [-0.05, 0) is 30.8 Å². The Morgan fingerprint density at radius 3 is 2.00 bits per heavy atom. The molecule has 0 aliphatic rings. The molecular weight excluding hydrogens is 162 g/mol. The van der Waals surface area contributed by atoms with Crippen LogP contribution in [-0.2, 0) is 0 Å². The summed E-state index contributed by atoms with van der Waals surface area (Å²) < 4.78 is 2.19. The summed E-state index contributed by atoms with van der Waals surface area (Å²) >= 11 is 3.67. The lowest BCUT2D eigenvalue weighted by molar-refractivity contribution is 1.03. The SMILES string of the molecule is CC=CN(SCC)SCC. The van der Waals surface area contributed by atoms with Crippen molar-refractivity contribution in [2.24, 2.45) is 0 Å². The van der Waals surface area contributed by atoms with E-state index in [1.165, 1.54) is 0 Å². The van der Waals surface area contributed by atoms with Crippen LogP contribution in [0.4, 0.5) is 0 Å². The molecule has 0 spiro atoms. The van der Waals surface area contributed by atoms with Crippen LogP contribution in [0, 0.1) is 0 Å². The van der Waals surface area contributed by atoms with Gasteiger partial charge in [0.1, 0.15) is 0 Å². The lowest BCUT2D eigenvalue weighted by atomic mass is 10.7. The van der Waals surface area contributed by atoms with Crippen LogP contribution >= 0.6 is 23.9 Å². The van der Waals surface area contributed by atoms with Crippen molar-refractivity contribution in [1.82, 2.24) is 3.71 Å². The molecule has 0 atom stereocenters. The highest BCUT2D eigenvalue weighted by Crippen LogP contribution is 2.21. The number of nitrogens with zero attached hydrogens (tertiary/aromatic N) is 1. The van der Waals surface area contributed by atoms with Gasteiger partial charge in [-0.2, -0.15) is 0 Å². The number of hydrogen-bond acceptors (Lipinski definition) is 3. The van der Waals surface area contributed by atoms with Gasteiger partial charge in [0.25, 0.3) is 0 Å². The van der Waals surface area contributed by atoms with Gasteiger partial charge in [-0.25, -0.2) is 0 Å². The first-order valence-electron chi connectivity index (χ1n) is 3.53. The van der Waals surface area contributed by atoms with Gasteiger partial charge in [0.2, 0.25) is 0 Å². The van der Waals surface area contributed by atoms with Crippen LogP contribution in [0.3, 0.4) is 0 Å². The van der Waals surface area contributed by atoms with Gasteiger partial charge in [-0.1, -0.05) is 19.9 Å². The third kappa shape index (κ3) is 5.06. The Hall–Kier alpha value is 0.240. The van der Waals surface area contributed by atoms with Gasteiger partial charge < -0.3 is 0 Å². The second-order valence-corrected chi connectivity index (χ2v) is 4.29. The summed E-state index contributed by atoms with van der Waals surface area (Å²) in [6.07, 6.45) is 4.16. The molecular formula is C7H15NS2. The van der Waals surface area contributed by atoms with E-state index in [1.54, 1.807) is 0 Å². The molecule has 0 N–H and O–H groups in total. The molecule has 0 bridgehead atoms. The summed E-state index contributed by atoms with van der Waals surface area (Å²) in [6, 6.07) is 0. The fraction of sp³-hybridized carbons (Fsp3) is 0.714. The highest BCUT2D eigenvalue weighted by atomic mass is 32.2. The Bertz CT molecular complexity index is 87.6. The predicted molar refractivity (Wildman–Crippen MR) is 52.9 cm³/mol. The summed E-state index contributed by atoms with van der Waals surface area (Å²) in [4.78, 5) is 0. The maximum absolute atomic E-state index is 2.19. The van der Waals surface area contributed by atoms with E-state index in [4.69, 9.17) is 0 Å². The van der Waals surface area contributed by atoms with Crippen LogP contribution in [-0.4, -0.2) is 15.2 Å². The lowest BCUT2D eigenvalue weighted by Crippen LogP contribution is -1.96. The van der Waals surface area contributed by atoms with Crippen molar-refractivity contribution >= 4 is 23.9 Å². The van der Waals surface area contributed by atoms with E-state index in [2.05, 4.69) is 29.8 Å². The van der Waals surface area contributed by atoms with Gasteiger partial charge in [0.15, 0.2) is 0 Å². The number of rotatable bonds is 5. The quantitative estimate of drug-likeness (QED) is 0.594. The third-order valence-corrected chi connectivity index (χ3v) is 2.68. The zero-order chi connectivity index (χ0) is 7.82. The van der Waals surface area contributed by atoms with Crippen LogP contribution < -0.4 is 0 Å². The molecule has 10 heavy (non-hydrogen) atoms. The summed E-state index contributed by atoms with van der Waals surface area (Å²) in [5.41, 5.74) is 0. The molecule has 0 rings (SSSR count). The van der Waals surface area contributed by atoms with Crippen LogP contribution in [0.25, 0.3) is 0 Å². The molecule has 0 unspecified atom stereocenters. The highest BCUT2D eigenvalue weighted by Gasteiger charge is 1.94. The second kappa shape index (κ2) is 7.35. The van der Waals surface area contributed by atoms with E-state index >= 15 is 0 Å². The van der Waals surface area contributed by atoms with Gasteiger partial charge >= 0.3 is 0 Å². The average molecular weight is 177 g/mol. The zero-order valence-corrected chi connectivity index (χ0v) is 8.47. The second-order valence-electron chi connectivity index (χ2n) is 1.60. The van der Waals surface area contributed by atoms with E-state index in [9.17, 15) is 0 Å². The van der Waals surface area contributed by atoms with E-state index in [0.717, 1.165) is 11.5 Å². The summed E-state index contributed by atoms with van der Waals surface area (Å²) in [6.45, 7) is 6.37. The van der Waals surface area contributed by atoms with Crippen molar-refractivity contribution in [2.75, 3.05) is 11.5 Å². The Morgan fingerprint density at radius 1 is 1.20 bits per heavy atom. The van der Waals surface area contributed by atoms with E-state index in [-0.39, 0.29) is 0 Å². The molecule has 0 radical (unpaired) electrons. The van der Waals surface area contributed by atoms with Crippen molar-refractivity contribution < 1.29 is 0 Å². The van der Waals surface area contributed by atoms with Crippen LogP contribution in [0.5, 0.6) is 0 Å². The van der Waals surface area contributed by atoms with Crippen LogP contribution in [0.2, 0.25) is 0 Å². The predicted octanol–water partition coefficient (Wildman–Crippen LogP) is 3.16. The summed E-state index contributed by atoms with van der Waals surface area (Å²) in [7, 11) is 0. The average Bonchev–Trinajstić information content (AvgIpc) is 1.90. The highest BCUT2D eigenvalue weighted by molar-refractivity contribution is 8.12. The Balaban J connectivity index is 3.50. The largest absolute Gasteiger partial charge is 0.266 e. The molecule has 0 aromatic carbocycles. The smallest absolute Gasteiger partial charge is 0.0190 e. The maximum Gasteiger partial charge on any atom is 0.0190 e. The van der Waals surface area contributed by atoms with Crippen molar-refractivity contribution in [3.63, 3.8) is 0 Å². The molecule has 60 valence electrons. The van der Waals surface area contributed by atoms with Gasteiger partial charge in [-0.3, -0.25) is 3.71 Å². The maximum atomic E-state index is 2.19. The molecule has 0 aromatic heterocycles. The molecule has 0 saturated carbocycles. The number of allylic oxidation sites excluding steroid dienone is 1.